The number of β-amino-alcohol motifs (C(OH)–C–C–N with tert-alkyl or cyclic N) is 1. The van der Waals surface area contributed by atoms with Gasteiger partial charge in [-0.25, -0.2) is 0 Å². The molecule has 0 saturated carbocycles. The van der Waals surface area contributed by atoms with Crippen LogP contribution in [0.25, 0.3) is 0 Å². The second-order valence-corrected chi connectivity index (χ2v) is 5.62. The maximum atomic E-state index is 10.1. The summed E-state index contributed by atoms with van der Waals surface area (Å²) in [7, 11) is 0. The Morgan fingerprint density at radius 3 is 2.55 bits per heavy atom. The molecule has 1 aliphatic rings. The summed E-state index contributed by atoms with van der Waals surface area (Å²) in [6, 6.07) is 0. The van der Waals surface area contributed by atoms with Crippen molar-refractivity contribution in [3.05, 3.63) is 16.8 Å². The molecule has 1 aromatic heterocycles. The third-order valence-corrected chi connectivity index (χ3v) is 4.36. The second-order valence-electron chi connectivity index (χ2n) is 5.62. The van der Waals surface area contributed by atoms with E-state index in [9.17, 15) is 5.11 Å². The Bertz CT molecular complexity index is 463. The van der Waals surface area contributed by atoms with E-state index in [1.165, 1.54) is 5.56 Å². The average molecular weight is 278 g/mol. The van der Waals surface area contributed by atoms with Gasteiger partial charge in [-0.3, -0.25) is 0 Å². The van der Waals surface area contributed by atoms with Gasteiger partial charge in [0.15, 0.2) is 5.82 Å². The van der Waals surface area contributed by atoms with Crippen molar-refractivity contribution in [3.8, 4) is 0 Å². The van der Waals surface area contributed by atoms with E-state index in [0.29, 0.717) is 19.0 Å². The molecule has 1 aromatic rings. The Hall–Kier alpha value is -1.20. The largest absolute Gasteiger partial charge is 0.391 e. The molecule has 0 radical (unpaired) electrons. The normalized spacial score (nSPS) is 23.1. The van der Waals surface area contributed by atoms with E-state index in [2.05, 4.69) is 35.9 Å². The number of aliphatic hydroxyl groups is 1. The standard InChI is InChI=1S/C15H26N4O/c1-4-11-12(8-16)15(18-17-13(11)5-2)19-7-6-10(3)14(20)9-19/h10,14,20H,4-9,16H2,1-3H3. The van der Waals surface area contributed by atoms with Crippen molar-refractivity contribution < 1.29 is 5.11 Å². The van der Waals surface area contributed by atoms with Crippen molar-refractivity contribution in [1.82, 2.24) is 10.2 Å². The average Bonchev–Trinajstić information content (AvgIpc) is 2.48. The minimum Gasteiger partial charge on any atom is -0.391 e. The number of nitrogens with zero attached hydrogens (tertiary/aromatic N) is 3. The molecule has 0 amide bonds. The fourth-order valence-electron chi connectivity index (χ4n) is 2.95. The molecule has 2 heterocycles. The number of anilines is 1. The summed E-state index contributed by atoms with van der Waals surface area (Å²) in [5.74, 6) is 1.22. The smallest absolute Gasteiger partial charge is 0.156 e. The highest BCUT2D eigenvalue weighted by molar-refractivity contribution is 5.51. The predicted octanol–water partition coefficient (Wildman–Crippen LogP) is 1.27. The van der Waals surface area contributed by atoms with Crippen LogP contribution in [0.1, 0.15) is 44.0 Å². The Morgan fingerprint density at radius 2 is 2.00 bits per heavy atom. The van der Waals surface area contributed by atoms with Crippen LogP contribution in [0.3, 0.4) is 0 Å². The van der Waals surface area contributed by atoms with Crippen LogP contribution in [0, 0.1) is 5.92 Å². The van der Waals surface area contributed by atoms with Crippen LogP contribution < -0.4 is 10.6 Å². The zero-order chi connectivity index (χ0) is 14.7. The lowest BCUT2D eigenvalue weighted by molar-refractivity contribution is 0.102. The molecule has 2 rings (SSSR count). The summed E-state index contributed by atoms with van der Waals surface area (Å²) in [6.07, 6.45) is 2.48. The summed E-state index contributed by atoms with van der Waals surface area (Å²) in [6.45, 7) is 8.33. The Labute approximate surface area is 121 Å². The molecule has 1 aliphatic heterocycles. The lowest BCUT2D eigenvalue weighted by Crippen LogP contribution is -2.44. The van der Waals surface area contributed by atoms with Gasteiger partial charge in [0.1, 0.15) is 0 Å². The number of hydrogen-bond acceptors (Lipinski definition) is 5. The van der Waals surface area contributed by atoms with E-state index >= 15 is 0 Å². The molecule has 0 aromatic carbocycles. The third-order valence-electron chi connectivity index (χ3n) is 4.36. The van der Waals surface area contributed by atoms with Crippen LogP contribution in [0.2, 0.25) is 0 Å². The first-order chi connectivity index (χ1) is 9.62. The molecule has 1 saturated heterocycles. The number of piperidine rings is 1. The zero-order valence-corrected chi connectivity index (χ0v) is 12.8. The summed E-state index contributed by atoms with van der Waals surface area (Å²) >= 11 is 0. The van der Waals surface area contributed by atoms with Gasteiger partial charge in [-0.05, 0) is 30.7 Å². The first-order valence-corrected chi connectivity index (χ1v) is 7.62. The van der Waals surface area contributed by atoms with E-state index in [1.54, 1.807) is 0 Å². The number of rotatable bonds is 4. The van der Waals surface area contributed by atoms with E-state index in [4.69, 9.17) is 5.73 Å². The number of nitrogens with two attached hydrogens (primary N) is 1. The van der Waals surface area contributed by atoms with E-state index in [0.717, 1.165) is 42.9 Å². The lowest BCUT2D eigenvalue weighted by Gasteiger charge is -2.36. The van der Waals surface area contributed by atoms with E-state index in [-0.39, 0.29) is 6.10 Å². The minimum atomic E-state index is -0.299. The molecule has 0 spiro atoms. The highest BCUT2D eigenvalue weighted by atomic mass is 16.3. The van der Waals surface area contributed by atoms with Crippen LogP contribution in [-0.2, 0) is 19.4 Å². The van der Waals surface area contributed by atoms with Gasteiger partial charge >= 0.3 is 0 Å². The maximum absolute atomic E-state index is 10.1. The molecule has 5 heteroatoms. The Kier molecular flexibility index (Phi) is 4.94. The van der Waals surface area contributed by atoms with Crippen LogP contribution in [0.15, 0.2) is 0 Å². The maximum Gasteiger partial charge on any atom is 0.156 e. The summed E-state index contributed by atoms with van der Waals surface area (Å²) < 4.78 is 0. The molecular formula is C15H26N4O. The fourth-order valence-corrected chi connectivity index (χ4v) is 2.95. The summed E-state index contributed by atoms with van der Waals surface area (Å²) in [5.41, 5.74) is 9.33. The molecule has 20 heavy (non-hydrogen) atoms. The molecular weight excluding hydrogens is 252 g/mol. The van der Waals surface area contributed by atoms with Crippen molar-refractivity contribution in [1.29, 1.82) is 0 Å². The van der Waals surface area contributed by atoms with Crippen LogP contribution in [-0.4, -0.2) is 34.5 Å². The van der Waals surface area contributed by atoms with Gasteiger partial charge in [-0.15, -0.1) is 5.10 Å². The highest BCUT2D eigenvalue weighted by Gasteiger charge is 2.27. The fraction of sp³-hybridized carbons (Fsp3) is 0.733. The number of aryl methyl sites for hydroxylation is 1. The van der Waals surface area contributed by atoms with Crippen molar-refractivity contribution in [3.63, 3.8) is 0 Å². The third kappa shape index (κ3) is 2.79. The minimum absolute atomic E-state index is 0.299. The van der Waals surface area contributed by atoms with Gasteiger partial charge in [-0.1, -0.05) is 20.8 Å². The van der Waals surface area contributed by atoms with Crippen LogP contribution in [0.5, 0.6) is 0 Å². The Balaban J connectivity index is 2.36. The van der Waals surface area contributed by atoms with Gasteiger partial charge in [0.2, 0.25) is 0 Å². The molecule has 0 aliphatic carbocycles. The topological polar surface area (TPSA) is 75.3 Å². The first-order valence-electron chi connectivity index (χ1n) is 7.62. The van der Waals surface area contributed by atoms with Gasteiger partial charge in [-0.2, -0.15) is 5.10 Å². The summed E-state index contributed by atoms with van der Waals surface area (Å²) in [4.78, 5) is 2.14. The number of hydrogen-bond donors (Lipinski definition) is 2. The molecule has 5 nitrogen and oxygen atoms in total. The Morgan fingerprint density at radius 1 is 1.25 bits per heavy atom. The van der Waals surface area contributed by atoms with E-state index in [1.807, 2.05) is 0 Å². The van der Waals surface area contributed by atoms with Crippen LogP contribution in [0.4, 0.5) is 5.82 Å². The monoisotopic (exact) mass is 278 g/mol. The van der Waals surface area contributed by atoms with Gasteiger partial charge < -0.3 is 15.7 Å². The van der Waals surface area contributed by atoms with Crippen molar-refractivity contribution in [2.45, 2.75) is 52.7 Å². The molecule has 112 valence electrons. The quantitative estimate of drug-likeness (QED) is 0.867. The van der Waals surface area contributed by atoms with Crippen molar-refractivity contribution in [2.75, 3.05) is 18.0 Å². The van der Waals surface area contributed by atoms with E-state index < -0.39 is 0 Å². The summed E-state index contributed by atoms with van der Waals surface area (Å²) in [5, 5.41) is 18.8. The lowest BCUT2D eigenvalue weighted by atomic mass is 9.95. The second kappa shape index (κ2) is 6.50. The molecule has 2 atom stereocenters. The SMILES string of the molecule is CCc1nnc(N2CCC(C)C(O)C2)c(CN)c1CC. The molecule has 2 unspecified atom stereocenters. The molecule has 0 bridgehead atoms. The van der Waals surface area contributed by atoms with Crippen molar-refractivity contribution >= 4 is 5.82 Å². The van der Waals surface area contributed by atoms with Crippen LogP contribution >= 0.6 is 0 Å². The molecule has 1 fully saturated rings. The predicted molar refractivity (Wildman–Crippen MR) is 80.7 cm³/mol. The van der Waals surface area contributed by atoms with Gasteiger partial charge in [0.05, 0.1) is 11.8 Å². The molecule has 3 N–H and O–H groups in total. The van der Waals surface area contributed by atoms with Gasteiger partial charge in [0, 0.05) is 25.2 Å². The highest BCUT2D eigenvalue weighted by Crippen LogP contribution is 2.27. The van der Waals surface area contributed by atoms with Crippen molar-refractivity contribution in [2.24, 2.45) is 11.7 Å². The zero-order valence-electron chi connectivity index (χ0n) is 12.8. The van der Waals surface area contributed by atoms with Gasteiger partial charge in [0.25, 0.3) is 0 Å². The first kappa shape index (κ1) is 15.2. The number of aromatic nitrogens is 2. The number of aliphatic hydroxyl groups excluding tert-OH is 1.